The molecule has 0 bridgehead atoms. The number of halogens is 2. The van der Waals surface area contributed by atoms with E-state index in [1.54, 1.807) is 0 Å². The number of anilines is 2. The van der Waals surface area contributed by atoms with E-state index in [9.17, 15) is 0 Å². The van der Waals surface area contributed by atoms with E-state index in [2.05, 4.69) is 69.4 Å². The van der Waals surface area contributed by atoms with Crippen molar-refractivity contribution in [1.82, 2.24) is 0 Å². The molecule has 2 aromatic carbocycles. The summed E-state index contributed by atoms with van der Waals surface area (Å²) in [6.07, 6.45) is 4.57. The van der Waals surface area contributed by atoms with Crippen molar-refractivity contribution in [3.05, 3.63) is 56.2 Å². The molecule has 2 spiro atoms. The molecule has 2 fully saturated rings. The maximum absolute atomic E-state index is 5.92. The lowest BCUT2D eigenvalue weighted by atomic mass is 9.87. The number of hydrogen-bond acceptors (Lipinski definition) is 6. The van der Waals surface area contributed by atoms with Gasteiger partial charge in [-0.2, -0.15) is 0 Å². The molecule has 32 heavy (non-hydrogen) atoms. The third-order valence-corrected chi connectivity index (χ3v) is 8.68. The fourth-order valence-corrected chi connectivity index (χ4v) is 6.83. The summed E-state index contributed by atoms with van der Waals surface area (Å²) in [5.41, 5.74) is 18.8. The Morgan fingerprint density at radius 3 is 2.19 bits per heavy atom. The van der Waals surface area contributed by atoms with Crippen LogP contribution in [0.3, 0.4) is 0 Å². The van der Waals surface area contributed by atoms with Crippen molar-refractivity contribution in [3.63, 3.8) is 0 Å². The second-order valence-electron chi connectivity index (χ2n) is 8.84. The lowest BCUT2D eigenvalue weighted by molar-refractivity contribution is -0.164. The molecule has 2 aromatic rings. The minimum Gasteiger partial charge on any atom is -0.399 e. The van der Waals surface area contributed by atoms with Crippen molar-refractivity contribution in [2.24, 2.45) is 0 Å². The van der Waals surface area contributed by atoms with Gasteiger partial charge in [0.25, 0.3) is 0 Å². The molecule has 2 aliphatic heterocycles. The Hall–Kier alpha value is -0.660. The normalized spacial score (nSPS) is 24.6. The molecule has 172 valence electrons. The van der Waals surface area contributed by atoms with Crippen molar-refractivity contribution < 1.29 is 18.9 Å². The zero-order valence-corrected chi connectivity index (χ0v) is 22.2. The molecule has 0 radical (unpaired) electrons. The van der Waals surface area contributed by atoms with Crippen LogP contribution < -0.4 is 11.5 Å². The van der Waals surface area contributed by atoms with Gasteiger partial charge in [-0.1, -0.05) is 28.7 Å². The molecule has 4 aliphatic rings. The van der Waals surface area contributed by atoms with E-state index in [4.69, 9.17) is 30.4 Å². The standard InChI is InChI=1S/2C12H14INO2/c13-10-5-9-7-12(15-3-4-16-12)2-1-8(9)6-11(10)14;13-11-7-12(15-3-4-16-12)6-8-1-2-9(14)5-10(8)11/h5-6H,1-4,7,14H2;1-2,5,11H,3-4,6-7,14H2. The highest BCUT2D eigenvalue weighted by Gasteiger charge is 2.43. The number of alkyl halides is 1. The fraction of sp³-hybridized carbons (Fsp3) is 0.500. The molecule has 6 nitrogen and oxygen atoms in total. The van der Waals surface area contributed by atoms with Crippen molar-refractivity contribution in [2.45, 2.75) is 47.6 Å². The molecular weight excluding hydrogens is 634 g/mol. The number of fused-ring (bicyclic) bond motifs is 2. The molecule has 6 rings (SSSR count). The van der Waals surface area contributed by atoms with Crippen molar-refractivity contribution >= 4 is 56.6 Å². The average molecular weight is 662 g/mol. The topological polar surface area (TPSA) is 89.0 Å². The van der Waals surface area contributed by atoms with Gasteiger partial charge < -0.3 is 30.4 Å². The van der Waals surface area contributed by atoms with Gasteiger partial charge in [-0.15, -0.1) is 0 Å². The summed E-state index contributed by atoms with van der Waals surface area (Å²) >= 11 is 4.72. The Balaban J connectivity index is 0.000000135. The summed E-state index contributed by atoms with van der Waals surface area (Å²) in [4.78, 5) is 0. The number of nitrogens with two attached hydrogens (primary N) is 2. The third kappa shape index (κ3) is 4.63. The molecule has 2 aliphatic carbocycles. The van der Waals surface area contributed by atoms with Crippen LogP contribution in [0, 0.1) is 3.57 Å². The quantitative estimate of drug-likeness (QED) is 0.245. The zero-order chi connectivity index (χ0) is 22.3. The van der Waals surface area contributed by atoms with Crippen LogP contribution >= 0.6 is 45.2 Å². The first kappa shape index (κ1) is 23.1. The lowest BCUT2D eigenvalue weighted by Gasteiger charge is -2.35. The van der Waals surface area contributed by atoms with Gasteiger partial charge in [0.2, 0.25) is 0 Å². The van der Waals surface area contributed by atoms with Gasteiger partial charge in [0.05, 0.1) is 26.4 Å². The second-order valence-corrected chi connectivity index (χ2v) is 11.5. The Labute approximate surface area is 216 Å². The molecule has 4 N–H and O–H groups in total. The predicted octanol–water partition coefficient (Wildman–Crippen LogP) is 4.54. The van der Waals surface area contributed by atoms with Crippen LogP contribution in [0.25, 0.3) is 0 Å². The van der Waals surface area contributed by atoms with Gasteiger partial charge >= 0.3 is 0 Å². The Kier molecular flexibility index (Phi) is 6.63. The van der Waals surface area contributed by atoms with Crippen LogP contribution in [-0.2, 0) is 38.2 Å². The molecule has 8 heteroatoms. The van der Waals surface area contributed by atoms with E-state index >= 15 is 0 Å². The molecule has 0 amide bonds. The number of aryl methyl sites for hydroxylation is 1. The largest absolute Gasteiger partial charge is 0.399 e. The Morgan fingerprint density at radius 1 is 0.812 bits per heavy atom. The first-order valence-electron chi connectivity index (χ1n) is 11.0. The number of rotatable bonds is 0. The van der Waals surface area contributed by atoms with Crippen LogP contribution in [0.2, 0.25) is 0 Å². The molecule has 1 atom stereocenters. The minimum absolute atomic E-state index is 0.341. The SMILES string of the molecule is Nc1cc2c(cc1I)CC1(CC2)OCCO1.Nc1ccc2c(c1)C(I)CC1(C2)OCCO1. The lowest BCUT2D eigenvalue weighted by Crippen LogP contribution is -2.37. The molecule has 2 saturated heterocycles. The summed E-state index contributed by atoms with van der Waals surface area (Å²) in [5.74, 6) is -0.707. The van der Waals surface area contributed by atoms with E-state index in [1.807, 2.05) is 6.07 Å². The predicted molar refractivity (Wildman–Crippen MR) is 141 cm³/mol. The van der Waals surface area contributed by atoms with E-state index in [-0.39, 0.29) is 11.6 Å². The van der Waals surface area contributed by atoms with Crippen LogP contribution in [0.5, 0.6) is 0 Å². The summed E-state index contributed by atoms with van der Waals surface area (Å²) in [7, 11) is 0. The van der Waals surface area contributed by atoms with E-state index in [0.29, 0.717) is 17.1 Å². The fourth-order valence-electron chi connectivity index (χ4n) is 5.05. The summed E-state index contributed by atoms with van der Waals surface area (Å²) in [6, 6.07) is 10.4. The summed E-state index contributed by atoms with van der Waals surface area (Å²) in [6.45, 7) is 2.88. The first-order valence-corrected chi connectivity index (χ1v) is 13.3. The van der Waals surface area contributed by atoms with Crippen LogP contribution in [0.15, 0.2) is 30.3 Å². The van der Waals surface area contributed by atoms with Gasteiger partial charge in [0.15, 0.2) is 11.6 Å². The Bertz CT molecular complexity index is 1000. The van der Waals surface area contributed by atoms with E-state index in [1.165, 1.54) is 22.3 Å². The van der Waals surface area contributed by atoms with Gasteiger partial charge in [-0.25, -0.2) is 0 Å². The van der Waals surface area contributed by atoms with Crippen molar-refractivity contribution in [1.29, 1.82) is 0 Å². The average Bonchev–Trinajstić information content (AvgIpc) is 3.40. The maximum Gasteiger partial charge on any atom is 0.173 e. The molecule has 0 saturated carbocycles. The highest BCUT2D eigenvalue weighted by Crippen LogP contribution is 2.45. The van der Waals surface area contributed by atoms with Crippen molar-refractivity contribution in [3.8, 4) is 0 Å². The summed E-state index contributed by atoms with van der Waals surface area (Å²) < 4.78 is 24.6. The van der Waals surface area contributed by atoms with Gasteiger partial charge in [0, 0.05) is 44.6 Å². The third-order valence-electron chi connectivity index (χ3n) is 6.64. The molecule has 0 aromatic heterocycles. The minimum atomic E-state index is -0.366. The molecular formula is C24H28I2N2O4. The summed E-state index contributed by atoms with van der Waals surface area (Å²) in [5, 5.41) is 0. The van der Waals surface area contributed by atoms with E-state index in [0.717, 1.165) is 60.3 Å². The van der Waals surface area contributed by atoms with Gasteiger partial charge in [-0.05, 0) is 75.5 Å². The number of nitrogen functional groups attached to an aromatic ring is 2. The number of hydrogen-bond donors (Lipinski definition) is 2. The monoisotopic (exact) mass is 662 g/mol. The highest BCUT2D eigenvalue weighted by atomic mass is 127. The van der Waals surface area contributed by atoms with Gasteiger partial charge in [-0.3, -0.25) is 0 Å². The molecule has 2 heterocycles. The maximum atomic E-state index is 5.92. The van der Waals surface area contributed by atoms with Crippen LogP contribution in [0.4, 0.5) is 11.4 Å². The second kappa shape index (κ2) is 9.18. The molecule has 1 unspecified atom stereocenters. The first-order chi connectivity index (χ1) is 15.4. The number of benzene rings is 2. The smallest absolute Gasteiger partial charge is 0.173 e. The zero-order valence-electron chi connectivity index (χ0n) is 17.9. The highest BCUT2D eigenvalue weighted by molar-refractivity contribution is 14.1. The van der Waals surface area contributed by atoms with Crippen LogP contribution in [0.1, 0.15) is 39.0 Å². The van der Waals surface area contributed by atoms with E-state index < -0.39 is 0 Å². The van der Waals surface area contributed by atoms with Crippen LogP contribution in [-0.4, -0.2) is 38.0 Å². The van der Waals surface area contributed by atoms with Gasteiger partial charge in [0.1, 0.15) is 0 Å². The number of ether oxygens (including phenoxy) is 4. The Morgan fingerprint density at radius 2 is 1.47 bits per heavy atom. The van der Waals surface area contributed by atoms with Crippen molar-refractivity contribution in [2.75, 3.05) is 37.9 Å².